The van der Waals surface area contributed by atoms with Crippen LogP contribution in [-0.2, 0) is 13.0 Å². The van der Waals surface area contributed by atoms with E-state index in [1.165, 1.54) is 5.56 Å². The van der Waals surface area contributed by atoms with E-state index in [0.717, 1.165) is 30.6 Å². The summed E-state index contributed by atoms with van der Waals surface area (Å²) in [5, 5.41) is 15.9. The van der Waals surface area contributed by atoms with E-state index >= 15 is 0 Å². The summed E-state index contributed by atoms with van der Waals surface area (Å²) < 4.78 is 0. The first kappa shape index (κ1) is 14.0. The van der Waals surface area contributed by atoms with Gasteiger partial charge in [-0.2, -0.15) is 0 Å². The fourth-order valence-electron chi connectivity index (χ4n) is 2.27. The van der Waals surface area contributed by atoms with Crippen LogP contribution in [-0.4, -0.2) is 30.2 Å². The quantitative estimate of drug-likeness (QED) is 0.761. The first-order chi connectivity index (χ1) is 9.09. The van der Waals surface area contributed by atoms with Gasteiger partial charge in [0.2, 0.25) is 0 Å². The molecule has 1 heterocycles. The molecule has 104 valence electrons. The number of hydrogen-bond donors (Lipinski definition) is 3. The van der Waals surface area contributed by atoms with Gasteiger partial charge in [-0.3, -0.25) is 4.79 Å². The highest BCUT2D eigenvalue weighted by Crippen LogP contribution is 2.18. The molecule has 0 spiro atoms. The molecule has 3 N–H and O–H groups in total. The number of benzene rings is 1. The van der Waals surface area contributed by atoms with E-state index in [9.17, 15) is 9.90 Å². The van der Waals surface area contributed by atoms with Crippen LogP contribution < -0.4 is 10.6 Å². The lowest BCUT2D eigenvalue weighted by Gasteiger charge is -2.21. The van der Waals surface area contributed by atoms with E-state index < -0.39 is 6.10 Å². The van der Waals surface area contributed by atoms with Gasteiger partial charge in [0.15, 0.2) is 0 Å². The molecule has 4 nitrogen and oxygen atoms in total. The molecule has 1 aliphatic rings. The summed E-state index contributed by atoms with van der Waals surface area (Å²) in [4.78, 5) is 12.2. The average Bonchev–Trinajstić information content (AvgIpc) is 2.43. The van der Waals surface area contributed by atoms with Gasteiger partial charge in [-0.25, -0.2) is 0 Å². The molecular formula is C15H22N2O2. The molecule has 1 unspecified atom stereocenters. The van der Waals surface area contributed by atoms with E-state index in [2.05, 4.69) is 16.7 Å². The van der Waals surface area contributed by atoms with Gasteiger partial charge >= 0.3 is 0 Å². The average molecular weight is 262 g/mol. The predicted octanol–water partition coefficient (Wildman–Crippen LogP) is 1.08. The molecule has 1 amide bonds. The van der Waals surface area contributed by atoms with Crippen LogP contribution in [0.3, 0.4) is 0 Å². The molecule has 2 rings (SSSR count). The lowest BCUT2D eigenvalue weighted by atomic mass is 9.95. The Kier molecular flexibility index (Phi) is 4.56. The van der Waals surface area contributed by atoms with E-state index in [-0.39, 0.29) is 11.8 Å². The second-order valence-electron chi connectivity index (χ2n) is 5.39. The zero-order valence-corrected chi connectivity index (χ0v) is 11.6. The number of amides is 1. The van der Waals surface area contributed by atoms with E-state index in [1.54, 1.807) is 0 Å². The smallest absolute Gasteiger partial charge is 0.251 e. The highest BCUT2D eigenvalue weighted by atomic mass is 16.3. The number of aliphatic hydroxyl groups is 1. The van der Waals surface area contributed by atoms with Gasteiger partial charge in [0.05, 0.1) is 6.10 Å². The van der Waals surface area contributed by atoms with Gasteiger partial charge in [0.25, 0.3) is 5.91 Å². The highest BCUT2D eigenvalue weighted by molar-refractivity contribution is 5.96. The summed E-state index contributed by atoms with van der Waals surface area (Å²) in [6.45, 7) is 5.91. The molecule has 19 heavy (non-hydrogen) atoms. The Morgan fingerprint density at radius 2 is 2.26 bits per heavy atom. The van der Waals surface area contributed by atoms with Crippen molar-refractivity contribution in [2.75, 3.05) is 13.1 Å². The molecule has 0 bridgehead atoms. The third-order valence-electron chi connectivity index (χ3n) is 3.63. The van der Waals surface area contributed by atoms with Crippen molar-refractivity contribution in [1.82, 2.24) is 10.6 Å². The van der Waals surface area contributed by atoms with Gasteiger partial charge in [-0.15, -0.1) is 0 Å². The molecule has 0 fully saturated rings. The van der Waals surface area contributed by atoms with Crippen LogP contribution in [0.25, 0.3) is 0 Å². The summed E-state index contributed by atoms with van der Waals surface area (Å²) in [6, 6.07) is 5.84. The Morgan fingerprint density at radius 1 is 1.47 bits per heavy atom. The van der Waals surface area contributed by atoms with Crippen molar-refractivity contribution in [2.45, 2.75) is 32.9 Å². The van der Waals surface area contributed by atoms with E-state index in [0.29, 0.717) is 6.54 Å². The van der Waals surface area contributed by atoms with Gasteiger partial charge in [-0.05, 0) is 36.1 Å². The summed E-state index contributed by atoms with van der Waals surface area (Å²) in [5.74, 6) is 0.0626. The minimum atomic E-state index is -0.495. The minimum absolute atomic E-state index is 0.0848. The van der Waals surface area contributed by atoms with Gasteiger partial charge in [0, 0.05) is 18.7 Å². The summed E-state index contributed by atoms with van der Waals surface area (Å²) in [5.41, 5.74) is 3.08. The number of aliphatic hydroxyl groups excluding tert-OH is 1. The highest BCUT2D eigenvalue weighted by Gasteiger charge is 2.18. The Balaban J connectivity index is 2.07. The normalized spacial score (nSPS) is 16.0. The molecule has 1 aliphatic heterocycles. The first-order valence-corrected chi connectivity index (χ1v) is 6.87. The molecule has 4 heteroatoms. The number of fused-ring (bicyclic) bond motifs is 1. The number of carbonyl (C=O) groups is 1. The second-order valence-corrected chi connectivity index (χ2v) is 5.39. The van der Waals surface area contributed by atoms with Crippen LogP contribution in [0.4, 0.5) is 0 Å². The van der Waals surface area contributed by atoms with E-state index in [4.69, 9.17) is 0 Å². The fraction of sp³-hybridized carbons (Fsp3) is 0.533. The maximum atomic E-state index is 12.2. The number of hydrogen-bond acceptors (Lipinski definition) is 3. The lowest BCUT2D eigenvalue weighted by Crippen LogP contribution is -2.36. The van der Waals surface area contributed by atoms with Crippen molar-refractivity contribution in [2.24, 2.45) is 5.92 Å². The Labute approximate surface area is 114 Å². The van der Waals surface area contributed by atoms with Gasteiger partial charge in [0.1, 0.15) is 0 Å². The maximum absolute atomic E-state index is 12.2. The molecular weight excluding hydrogens is 240 g/mol. The summed E-state index contributed by atoms with van der Waals surface area (Å²) >= 11 is 0. The molecule has 1 aromatic carbocycles. The topological polar surface area (TPSA) is 61.4 Å². The predicted molar refractivity (Wildman–Crippen MR) is 75.0 cm³/mol. The Hall–Kier alpha value is -1.39. The third kappa shape index (κ3) is 3.33. The molecule has 0 aromatic heterocycles. The molecule has 1 atom stereocenters. The lowest BCUT2D eigenvalue weighted by molar-refractivity contribution is 0.0870. The minimum Gasteiger partial charge on any atom is -0.391 e. The van der Waals surface area contributed by atoms with Crippen molar-refractivity contribution < 1.29 is 9.90 Å². The Morgan fingerprint density at radius 3 is 3.00 bits per heavy atom. The zero-order valence-electron chi connectivity index (χ0n) is 11.6. The fourth-order valence-corrected chi connectivity index (χ4v) is 2.27. The van der Waals surface area contributed by atoms with Gasteiger partial charge in [-0.1, -0.05) is 26.0 Å². The van der Waals surface area contributed by atoms with Crippen molar-refractivity contribution in [3.8, 4) is 0 Å². The molecule has 0 saturated heterocycles. The molecule has 1 aromatic rings. The number of rotatable bonds is 4. The SMILES string of the molecule is CC(C)C(O)CNC(=O)c1cccc2c1CCNC2. The monoisotopic (exact) mass is 262 g/mol. The first-order valence-electron chi connectivity index (χ1n) is 6.87. The van der Waals surface area contributed by atoms with Crippen LogP contribution >= 0.6 is 0 Å². The van der Waals surface area contributed by atoms with Crippen molar-refractivity contribution >= 4 is 5.91 Å². The van der Waals surface area contributed by atoms with E-state index in [1.807, 2.05) is 26.0 Å². The van der Waals surface area contributed by atoms with Crippen molar-refractivity contribution in [3.05, 3.63) is 34.9 Å². The van der Waals surface area contributed by atoms with Crippen LogP contribution in [0.15, 0.2) is 18.2 Å². The standard InChI is InChI=1S/C15H22N2O2/c1-10(2)14(18)9-17-15(19)13-5-3-4-11-8-16-7-6-12(11)13/h3-5,10,14,16,18H,6-9H2,1-2H3,(H,17,19). The van der Waals surface area contributed by atoms with Crippen molar-refractivity contribution in [3.63, 3.8) is 0 Å². The number of nitrogens with one attached hydrogen (secondary N) is 2. The summed E-state index contributed by atoms with van der Waals surface area (Å²) in [7, 11) is 0. The van der Waals surface area contributed by atoms with Crippen LogP contribution in [0.1, 0.15) is 35.3 Å². The van der Waals surface area contributed by atoms with Gasteiger partial charge < -0.3 is 15.7 Å². The summed E-state index contributed by atoms with van der Waals surface area (Å²) in [6.07, 6.45) is 0.385. The molecule has 0 radical (unpaired) electrons. The van der Waals surface area contributed by atoms with Crippen LogP contribution in [0, 0.1) is 5.92 Å². The Bertz CT molecular complexity index is 457. The van der Waals surface area contributed by atoms with Crippen LogP contribution in [0.5, 0.6) is 0 Å². The maximum Gasteiger partial charge on any atom is 0.251 e. The largest absolute Gasteiger partial charge is 0.391 e. The van der Waals surface area contributed by atoms with Crippen molar-refractivity contribution in [1.29, 1.82) is 0 Å². The molecule has 0 saturated carbocycles. The third-order valence-corrected chi connectivity index (χ3v) is 3.63. The molecule has 0 aliphatic carbocycles. The van der Waals surface area contributed by atoms with Crippen LogP contribution in [0.2, 0.25) is 0 Å². The zero-order chi connectivity index (χ0) is 13.8. The second kappa shape index (κ2) is 6.17. The number of carbonyl (C=O) groups excluding carboxylic acids is 1.